The highest BCUT2D eigenvalue weighted by atomic mass is 16.5. The molecule has 0 fully saturated rings. The van der Waals surface area contributed by atoms with Gasteiger partial charge in [-0.1, -0.05) is 19.1 Å². The third-order valence-electron chi connectivity index (χ3n) is 4.08. The number of benzene rings is 2. The maximum absolute atomic E-state index is 11.9. The van der Waals surface area contributed by atoms with Crippen LogP contribution in [0.2, 0.25) is 0 Å². The number of hydrogen-bond acceptors (Lipinski definition) is 5. The van der Waals surface area contributed by atoms with Crippen LogP contribution in [0.4, 0.5) is 17.3 Å². The zero-order valence-electron chi connectivity index (χ0n) is 15.2. The normalized spacial score (nSPS) is 10.9. The van der Waals surface area contributed by atoms with Crippen LogP contribution in [0.15, 0.2) is 53.5 Å². The molecule has 0 unspecified atom stereocenters. The highest BCUT2D eigenvalue weighted by Gasteiger charge is 2.18. The lowest BCUT2D eigenvalue weighted by Crippen LogP contribution is -2.12. The second-order valence-corrected chi connectivity index (χ2v) is 5.87. The summed E-state index contributed by atoms with van der Waals surface area (Å²) in [6, 6.07) is 15.3. The molecule has 0 bridgehead atoms. The predicted octanol–water partition coefficient (Wildman–Crippen LogP) is 3.57. The molecule has 1 amide bonds. The number of H-pyrrole nitrogens is 1. The van der Waals surface area contributed by atoms with Gasteiger partial charge < -0.3 is 15.8 Å². The maximum Gasteiger partial charge on any atom is 0.256 e. The van der Waals surface area contributed by atoms with Crippen LogP contribution in [0.3, 0.4) is 0 Å². The number of ether oxygens (including phenoxy) is 1. The topological polar surface area (TPSA) is 105 Å². The number of nitrogens with one attached hydrogen (secondary N) is 2. The Balaban J connectivity index is 1.83. The van der Waals surface area contributed by atoms with Crippen LogP contribution in [0.5, 0.6) is 5.75 Å². The van der Waals surface area contributed by atoms with Gasteiger partial charge in [-0.25, -0.2) is 4.99 Å². The van der Waals surface area contributed by atoms with E-state index in [2.05, 4.69) is 27.4 Å². The Morgan fingerprint density at radius 2 is 1.93 bits per heavy atom. The van der Waals surface area contributed by atoms with Crippen molar-refractivity contribution in [2.24, 2.45) is 10.7 Å². The molecule has 0 atom stereocenters. The number of hydrogen-bond donors (Lipinski definition) is 3. The second-order valence-electron chi connectivity index (χ2n) is 5.87. The van der Waals surface area contributed by atoms with Gasteiger partial charge in [-0.2, -0.15) is 5.10 Å². The molecule has 0 aliphatic rings. The van der Waals surface area contributed by atoms with Gasteiger partial charge in [-0.3, -0.25) is 9.89 Å². The minimum Gasteiger partial charge on any atom is -0.497 e. The molecule has 138 valence electrons. The molecule has 0 aliphatic carbocycles. The Hall–Kier alpha value is -3.61. The molecular formula is C20H21N5O2. The standard InChI is InChI=1S/C20H21N5O2/c1-3-13-4-8-15(9-5-13)23-20-17(18(21)26)19(24-25-20)22-12-14-6-10-16(27-2)11-7-14/h4-12H,3H2,1-2H3,(H2,21,26)(H2,23,24,25). The largest absolute Gasteiger partial charge is 0.497 e. The number of nitrogens with two attached hydrogens (primary N) is 1. The fourth-order valence-corrected chi connectivity index (χ4v) is 2.54. The van der Waals surface area contributed by atoms with Crippen molar-refractivity contribution in [1.29, 1.82) is 0 Å². The van der Waals surface area contributed by atoms with Crippen LogP contribution in [0.1, 0.15) is 28.4 Å². The monoisotopic (exact) mass is 363 g/mol. The predicted molar refractivity (Wildman–Crippen MR) is 106 cm³/mol. The number of nitrogens with zero attached hydrogens (tertiary/aromatic N) is 2. The van der Waals surface area contributed by atoms with E-state index in [9.17, 15) is 4.79 Å². The van der Waals surface area contributed by atoms with Gasteiger partial charge in [0.1, 0.15) is 17.1 Å². The molecule has 4 N–H and O–H groups in total. The molecule has 0 saturated heterocycles. The van der Waals surface area contributed by atoms with Crippen molar-refractivity contribution >= 4 is 29.4 Å². The number of aryl methyl sites for hydroxylation is 1. The maximum atomic E-state index is 11.9. The molecule has 0 spiro atoms. The van der Waals surface area contributed by atoms with Crippen LogP contribution in [0.25, 0.3) is 0 Å². The summed E-state index contributed by atoms with van der Waals surface area (Å²) in [5, 5.41) is 10.0. The van der Waals surface area contributed by atoms with Crippen molar-refractivity contribution in [3.63, 3.8) is 0 Å². The molecule has 27 heavy (non-hydrogen) atoms. The second kappa shape index (κ2) is 8.18. The number of aromatic amines is 1. The van der Waals surface area contributed by atoms with E-state index in [-0.39, 0.29) is 11.4 Å². The molecule has 7 nitrogen and oxygen atoms in total. The first-order valence-corrected chi connectivity index (χ1v) is 8.53. The van der Waals surface area contributed by atoms with E-state index < -0.39 is 5.91 Å². The first-order chi connectivity index (χ1) is 13.1. The van der Waals surface area contributed by atoms with Gasteiger partial charge in [0.15, 0.2) is 5.82 Å². The number of amides is 1. The number of carbonyl (C=O) groups excluding carboxylic acids is 1. The summed E-state index contributed by atoms with van der Waals surface area (Å²) < 4.78 is 5.13. The van der Waals surface area contributed by atoms with Crippen LogP contribution in [-0.4, -0.2) is 29.4 Å². The summed E-state index contributed by atoms with van der Waals surface area (Å²) in [4.78, 5) is 16.2. The first kappa shape index (κ1) is 18.2. The Bertz CT molecular complexity index is 944. The smallest absolute Gasteiger partial charge is 0.256 e. The van der Waals surface area contributed by atoms with Crippen LogP contribution < -0.4 is 15.8 Å². The molecule has 7 heteroatoms. The lowest BCUT2D eigenvalue weighted by atomic mass is 10.1. The number of aromatic nitrogens is 2. The van der Waals surface area contributed by atoms with E-state index in [4.69, 9.17) is 10.5 Å². The lowest BCUT2D eigenvalue weighted by molar-refractivity contribution is 0.100. The summed E-state index contributed by atoms with van der Waals surface area (Å²) in [5.74, 6) is 0.781. The highest BCUT2D eigenvalue weighted by molar-refractivity contribution is 6.03. The van der Waals surface area contributed by atoms with Gasteiger partial charge in [0.05, 0.1) is 7.11 Å². The summed E-state index contributed by atoms with van der Waals surface area (Å²) in [6.45, 7) is 2.09. The average molecular weight is 363 g/mol. The highest BCUT2D eigenvalue weighted by Crippen LogP contribution is 2.26. The fraction of sp³-hybridized carbons (Fsp3) is 0.150. The molecule has 2 aromatic carbocycles. The number of methoxy groups -OCH3 is 1. The number of carbonyl (C=O) groups is 1. The SMILES string of the molecule is CCc1ccc(Nc2[nH]nc(N=Cc3ccc(OC)cc3)c2C(N)=O)cc1. The third kappa shape index (κ3) is 4.33. The number of aliphatic imine (C=N–C) groups is 1. The lowest BCUT2D eigenvalue weighted by Gasteiger charge is -2.06. The number of rotatable bonds is 7. The van der Waals surface area contributed by atoms with Gasteiger partial charge in [0.2, 0.25) is 0 Å². The quantitative estimate of drug-likeness (QED) is 0.558. The Kier molecular flexibility index (Phi) is 5.51. The van der Waals surface area contributed by atoms with E-state index in [0.29, 0.717) is 5.82 Å². The Morgan fingerprint density at radius 1 is 1.22 bits per heavy atom. The molecular weight excluding hydrogens is 342 g/mol. The number of primary amides is 1. The summed E-state index contributed by atoms with van der Waals surface area (Å²) >= 11 is 0. The molecule has 0 radical (unpaired) electrons. The Morgan fingerprint density at radius 3 is 2.52 bits per heavy atom. The van der Waals surface area contributed by atoms with E-state index in [1.807, 2.05) is 48.5 Å². The third-order valence-corrected chi connectivity index (χ3v) is 4.08. The van der Waals surface area contributed by atoms with Crippen molar-refractivity contribution in [1.82, 2.24) is 10.2 Å². The van der Waals surface area contributed by atoms with Crippen molar-refractivity contribution in [2.45, 2.75) is 13.3 Å². The minimum absolute atomic E-state index is 0.208. The summed E-state index contributed by atoms with van der Waals surface area (Å²) in [5.41, 5.74) is 8.64. The van der Waals surface area contributed by atoms with Gasteiger partial charge in [-0.05, 0) is 53.9 Å². The van der Waals surface area contributed by atoms with Crippen LogP contribution in [-0.2, 0) is 6.42 Å². The van der Waals surface area contributed by atoms with Gasteiger partial charge in [-0.15, -0.1) is 0 Å². The van der Waals surface area contributed by atoms with Gasteiger partial charge in [0.25, 0.3) is 5.91 Å². The molecule has 3 aromatic rings. The van der Waals surface area contributed by atoms with Crippen molar-refractivity contribution in [3.05, 3.63) is 65.2 Å². The fourth-order valence-electron chi connectivity index (χ4n) is 2.54. The molecule has 3 rings (SSSR count). The molecule has 1 heterocycles. The van der Waals surface area contributed by atoms with E-state index in [1.54, 1.807) is 13.3 Å². The zero-order valence-corrected chi connectivity index (χ0v) is 15.2. The summed E-state index contributed by atoms with van der Waals surface area (Å²) in [7, 11) is 1.61. The minimum atomic E-state index is -0.613. The number of anilines is 2. The van der Waals surface area contributed by atoms with E-state index in [0.717, 1.165) is 23.4 Å². The summed E-state index contributed by atoms with van der Waals surface area (Å²) in [6.07, 6.45) is 2.57. The van der Waals surface area contributed by atoms with Crippen molar-refractivity contribution in [3.8, 4) is 5.75 Å². The van der Waals surface area contributed by atoms with E-state index in [1.165, 1.54) is 5.56 Å². The van der Waals surface area contributed by atoms with Crippen molar-refractivity contribution < 1.29 is 9.53 Å². The van der Waals surface area contributed by atoms with Gasteiger partial charge >= 0.3 is 0 Å². The van der Waals surface area contributed by atoms with Gasteiger partial charge in [0, 0.05) is 11.9 Å². The van der Waals surface area contributed by atoms with Crippen molar-refractivity contribution in [2.75, 3.05) is 12.4 Å². The average Bonchev–Trinajstić information content (AvgIpc) is 3.10. The van der Waals surface area contributed by atoms with E-state index >= 15 is 0 Å². The molecule has 0 aliphatic heterocycles. The van der Waals surface area contributed by atoms with Crippen LogP contribution in [0, 0.1) is 0 Å². The van der Waals surface area contributed by atoms with Crippen LogP contribution >= 0.6 is 0 Å². The first-order valence-electron chi connectivity index (χ1n) is 8.53. The zero-order chi connectivity index (χ0) is 19.2. The Labute approximate surface area is 157 Å². The molecule has 1 aromatic heterocycles. The molecule has 0 saturated carbocycles.